The first-order valence-electron chi connectivity index (χ1n) is 8.76. The summed E-state index contributed by atoms with van der Waals surface area (Å²) < 4.78 is 4.50. The Morgan fingerprint density at radius 3 is 2.60 bits per heavy atom. The number of carbonyl (C=O) groups excluding carboxylic acids is 2. The van der Waals surface area contributed by atoms with Crippen molar-refractivity contribution in [3.05, 3.63) is 70.6 Å². The molecule has 1 heterocycles. The van der Waals surface area contributed by atoms with Crippen LogP contribution in [0.3, 0.4) is 0 Å². The van der Waals surface area contributed by atoms with Gasteiger partial charge in [-0.25, -0.2) is 4.79 Å². The quantitative estimate of drug-likeness (QED) is 0.319. The number of methoxy groups -OCH3 is 1. The van der Waals surface area contributed by atoms with Crippen LogP contribution in [0, 0.1) is 0 Å². The van der Waals surface area contributed by atoms with E-state index in [2.05, 4.69) is 20.3 Å². The molecule has 0 saturated carbocycles. The molecule has 1 saturated heterocycles. The second-order valence-electron chi connectivity index (χ2n) is 6.09. The van der Waals surface area contributed by atoms with Gasteiger partial charge >= 0.3 is 11.9 Å². The number of benzene rings is 2. The highest BCUT2D eigenvalue weighted by atomic mass is 32.2. The molecule has 0 aromatic heterocycles. The molecular formula is C21H17N3O5S. The van der Waals surface area contributed by atoms with Gasteiger partial charge in [-0.1, -0.05) is 48.5 Å². The fourth-order valence-electron chi connectivity index (χ4n) is 2.66. The molecule has 0 spiro atoms. The Morgan fingerprint density at radius 1 is 1.17 bits per heavy atom. The predicted octanol–water partition coefficient (Wildman–Crippen LogP) is 2.59. The Kier molecular flexibility index (Phi) is 6.76. The number of ether oxygens (including phenoxy) is 1. The lowest BCUT2D eigenvalue weighted by molar-refractivity contribution is -0.136. The molecule has 0 radical (unpaired) electrons. The Bertz CT molecular complexity index is 1070. The number of hydrogen-bond donors (Lipinski definition) is 2. The van der Waals surface area contributed by atoms with E-state index in [9.17, 15) is 14.4 Å². The van der Waals surface area contributed by atoms with Crippen LogP contribution in [0.2, 0.25) is 0 Å². The van der Waals surface area contributed by atoms with Gasteiger partial charge in [0.25, 0.3) is 5.91 Å². The van der Waals surface area contributed by atoms with E-state index in [0.717, 1.165) is 40.1 Å². The molecule has 152 valence electrons. The highest BCUT2D eigenvalue weighted by Gasteiger charge is 2.24. The van der Waals surface area contributed by atoms with Crippen molar-refractivity contribution in [2.75, 3.05) is 7.11 Å². The largest absolute Gasteiger partial charge is 0.481 e. The number of amidine groups is 1. The van der Waals surface area contributed by atoms with Gasteiger partial charge in [0.1, 0.15) is 0 Å². The summed E-state index contributed by atoms with van der Waals surface area (Å²) >= 11 is 0.992. The summed E-state index contributed by atoms with van der Waals surface area (Å²) in [5.74, 6) is -1.95. The summed E-state index contributed by atoms with van der Waals surface area (Å²) in [6.07, 6.45) is 2.56. The van der Waals surface area contributed by atoms with Gasteiger partial charge < -0.3 is 9.84 Å². The average molecular weight is 423 g/mol. The van der Waals surface area contributed by atoms with E-state index in [1.165, 1.54) is 13.3 Å². The molecule has 1 fully saturated rings. The monoisotopic (exact) mass is 423 g/mol. The lowest BCUT2D eigenvalue weighted by Gasteiger charge is -2.08. The van der Waals surface area contributed by atoms with E-state index in [1.807, 2.05) is 42.5 Å². The van der Waals surface area contributed by atoms with Crippen molar-refractivity contribution in [1.82, 2.24) is 5.32 Å². The van der Waals surface area contributed by atoms with Gasteiger partial charge in [-0.3, -0.25) is 14.9 Å². The average Bonchev–Trinajstić information content (AvgIpc) is 3.07. The van der Waals surface area contributed by atoms with Crippen molar-refractivity contribution >= 4 is 41.0 Å². The minimum Gasteiger partial charge on any atom is -0.481 e. The first-order chi connectivity index (χ1) is 14.5. The fraction of sp³-hybridized carbons (Fsp3) is 0.0952. The van der Waals surface area contributed by atoms with Crippen LogP contribution in [-0.2, 0) is 25.5 Å². The molecule has 2 aromatic carbocycles. The van der Waals surface area contributed by atoms with Crippen LogP contribution in [0.5, 0.6) is 0 Å². The number of carbonyl (C=O) groups is 3. The van der Waals surface area contributed by atoms with Crippen LogP contribution in [0.4, 0.5) is 0 Å². The molecule has 0 aliphatic carbocycles. The Labute approximate surface area is 176 Å². The molecule has 1 aliphatic heterocycles. The zero-order chi connectivity index (χ0) is 21.5. The van der Waals surface area contributed by atoms with E-state index in [0.29, 0.717) is 0 Å². The molecule has 0 bridgehead atoms. The lowest BCUT2D eigenvalue weighted by Crippen LogP contribution is -2.19. The molecule has 30 heavy (non-hydrogen) atoms. The zero-order valence-electron chi connectivity index (χ0n) is 15.9. The number of nitrogens with zero attached hydrogens (tertiary/aromatic N) is 2. The Morgan fingerprint density at radius 2 is 1.90 bits per heavy atom. The van der Waals surface area contributed by atoms with Crippen molar-refractivity contribution in [3.8, 4) is 11.1 Å². The second-order valence-corrected chi connectivity index (χ2v) is 7.12. The fourth-order valence-corrected chi connectivity index (χ4v) is 3.40. The Hall–Kier alpha value is -3.72. The number of amides is 1. The van der Waals surface area contributed by atoms with Crippen molar-refractivity contribution < 1.29 is 24.2 Å². The number of nitrogens with one attached hydrogen (secondary N) is 1. The molecule has 2 N–H and O–H groups in total. The van der Waals surface area contributed by atoms with Crippen molar-refractivity contribution in [1.29, 1.82) is 0 Å². The number of hydrogen-bond acceptors (Lipinski definition) is 7. The summed E-state index contributed by atoms with van der Waals surface area (Å²) in [7, 11) is 1.23. The van der Waals surface area contributed by atoms with Crippen molar-refractivity contribution in [2.24, 2.45) is 10.2 Å². The first kappa shape index (κ1) is 21.0. The van der Waals surface area contributed by atoms with E-state index in [-0.39, 0.29) is 16.5 Å². The second kappa shape index (κ2) is 9.66. The highest BCUT2D eigenvalue weighted by molar-refractivity contribution is 8.18. The van der Waals surface area contributed by atoms with Crippen LogP contribution in [0.1, 0.15) is 11.1 Å². The number of carboxylic acids is 1. The van der Waals surface area contributed by atoms with Crippen molar-refractivity contribution in [2.45, 2.75) is 6.42 Å². The van der Waals surface area contributed by atoms with Gasteiger partial charge in [-0.2, -0.15) is 5.10 Å². The molecular weight excluding hydrogens is 406 g/mol. The first-order valence-corrected chi connectivity index (χ1v) is 9.58. The maximum Gasteiger partial charge on any atom is 0.331 e. The van der Waals surface area contributed by atoms with Gasteiger partial charge in [0.05, 0.1) is 24.7 Å². The number of esters is 1. The molecule has 1 aliphatic rings. The molecule has 1 amide bonds. The molecule has 0 atom stereocenters. The van der Waals surface area contributed by atoms with Gasteiger partial charge in [0, 0.05) is 6.08 Å². The highest BCUT2D eigenvalue weighted by Crippen LogP contribution is 2.25. The van der Waals surface area contributed by atoms with Gasteiger partial charge in [-0.05, 0) is 34.0 Å². The standard InChI is InChI=1S/C21H17N3O5S/c1-29-19(27)11-17-20(28)23-21(30-17)24-22-12-13-6-8-14(9-7-13)16-5-3-2-4-15(16)10-18(25)26/h2-9,11-12H,10H2,1H3,(H,25,26)(H,23,24,28)/b17-11+,22-12?. The van der Waals surface area contributed by atoms with E-state index in [1.54, 1.807) is 6.07 Å². The third kappa shape index (κ3) is 5.42. The minimum atomic E-state index is -0.883. The zero-order valence-corrected chi connectivity index (χ0v) is 16.7. The van der Waals surface area contributed by atoms with Crippen LogP contribution >= 0.6 is 11.8 Å². The predicted molar refractivity (Wildman–Crippen MR) is 114 cm³/mol. The summed E-state index contributed by atoms with van der Waals surface area (Å²) in [5, 5.41) is 19.7. The van der Waals surface area contributed by atoms with Crippen molar-refractivity contribution in [3.63, 3.8) is 0 Å². The smallest absolute Gasteiger partial charge is 0.331 e. The molecule has 0 unspecified atom stereocenters. The molecule has 9 heteroatoms. The topological polar surface area (TPSA) is 117 Å². The summed E-state index contributed by atoms with van der Waals surface area (Å²) in [5.41, 5.74) is 3.27. The van der Waals surface area contributed by atoms with E-state index >= 15 is 0 Å². The summed E-state index contributed by atoms with van der Waals surface area (Å²) in [6.45, 7) is 0. The number of rotatable bonds is 6. The SMILES string of the molecule is COC(=O)/C=C1/S/C(=N\N=Cc2ccc(-c3ccccc3CC(=O)O)cc2)NC1=O. The van der Waals surface area contributed by atoms with E-state index in [4.69, 9.17) is 5.11 Å². The third-order valence-corrected chi connectivity index (χ3v) is 4.94. The maximum absolute atomic E-state index is 11.8. The van der Waals surface area contributed by atoms with Gasteiger partial charge in [0.2, 0.25) is 0 Å². The van der Waals surface area contributed by atoms with Crippen LogP contribution in [-0.4, -0.2) is 41.4 Å². The number of thioether (sulfide) groups is 1. The summed E-state index contributed by atoms with van der Waals surface area (Å²) in [4.78, 5) is 34.2. The number of carboxylic acid groups (broad SMARTS) is 1. The van der Waals surface area contributed by atoms with E-state index < -0.39 is 17.8 Å². The van der Waals surface area contributed by atoms with Crippen LogP contribution in [0.15, 0.2) is 69.7 Å². The van der Waals surface area contributed by atoms with Gasteiger partial charge in [-0.15, -0.1) is 5.10 Å². The maximum atomic E-state index is 11.8. The minimum absolute atomic E-state index is 0.0489. The van der Waals surface area contributed by atoms with Crippen LogP contribution in [0.25, 0.3) is 11.1 Å². The number of aliphatic carboxylic acids is 1. The molecule has 8 nitrogen and oxygen atoms in total. The summed E-state index contributed by atoms with van der Waals surface area (Å²) in [6, 6.07) is 14.8. The van der Waals surface area contributed by atoms with Gasteiger partial charge in [0.15, 0.2) is 5.17 Å². The molecule has 3 rings (SSSR count). The third-order valence-electron chi connectivity index (χ3n) is 4.04. The normalized spacial score (nSPS) is 16.2. The molecule has 2 aromatic rings. The Balaban J connectivity index is 1.70. The lowest BCUT2D eigenvalue weighted by atomic mass is 9.97. The van der Waals surface area contributed by atoms with Crippen LogP contribution < -0.4 is 5.32 Å².